The van der Waals surface area contributed by atoms with Crippen molar-refractivity contribution in [2.45, 2.75) is 38.5 Å². The second kappa shape index (κ2) is 10.6. The van der Waals surface area contributed by atoms with E-state index in [9.17, 15) is 32.7 Å². The van der Waals surface area contributed by atoms with Crippen molar-refractivity contribution in [2.75, 3.05) is 6.54 Å². The van der Waals surface area contributed by atoms with Crippen molar-refractivity contribution in [2.24, 2.45) is 0 Å². The third-order valence-electron chi connectivity index (χ3n) is 4.56. The minimum Gasteiger partial charge on any atom is -0.480 e. The van der Waals surface area contributed by atoms with Gasteiger partial charge in [0.25, 0.3) is 11.5 Å². The minimum atomic E-state index is -4.47. The maximum atomic E-state index is 12.7. The Hall–Kier alpha value is -3.63. The van der Waals surface area contributed by atoms with Crippen LogP contribution in [0.25, 0.3) is 0 Å². The van der Waals surface area contributed by atoms with E-state index >= 15 is 0 Å². The summed E-state index contributed by atoms with van der Waals surface area (Å²) in [5.74, 6) is -1.88. The highest BCUT2D eigenvalue weighted by Crippen LogP contribution is 2.29. The van der Waals surface area contributed by atoms with E-state index in [1.807, 2.05) is 0 Å². The van der Waals surface area contributed by atoms with Gasteiger partial charge in [-0.15, -0.1) is 0 Å². The molecule has 4 N–H and O–H groups in total. The summed E-state index contributed by atoms with van der Waals surface area (Å²) < 4.78 is 39.2. The lowest BCUT2D eigenvalue weighted by Gasteiger charge is -2.15. The molecule has 11 heteroatoms. The van der Waals surface area contributed by atoms with Crippen LogP contribution < -0.4 is 16.2 Å². The zero-order chi connectivity index (χ0) is 23.9. The smallest absolute Gasteiger partial charge is 0.416 e. The van der Waals surface area contributed by atoms with Crippen molar-refractivity contribution in [3.8, 4) is 0 Å². The summed E-state index contributed by atoms with van der Waals surface area (Å²) in [4.78, 5) is 36.6. The van der Waals surface area contributed by atoms with Crippen LogP contribution in [0.1, 0.15) is 41.3 Å². The molecule has 8 nitrogen and oxygen atoms in total. The molecule has 1 atom stereocenters. The summed E-state index contributed by atoms with van der Waals surface area (Å²) in [5, 5.41) is 21.7. The van der Waals surface area contributed by atoms with Gasteiger partial charge in [0, 0.05) is 12.7 Å². The number of hydrogen-bond acceptors (Lipinski definition) is 4. The lowest BCUT2D eigenvalue weighted by atomic mass is 10.1. The number of benzene rings is 1. The number of aliphatic carboxylic acids is 1. The van der Waals surface area contributed by atoms with Gasteiger partial charge in [0.1, 0.15) is 11.6 Å². The lowest BCUT2D eigenvalue weighted by molar-refractivity contribution is -0.139. The fourth-order valence-electron chi connectivity index (χ4n) is 2.91. The molecule has 2 rings (SSSR count). The van der Waals surface area contributed by atoms with Crippen molar-refractivity contribution in [1.29, 1.82) is 5.41 Å². The topological polar surface area (TPSA) is 124 Å². The van der Waals surface area contributed by atoms with Gasteiger partial charge in [-0.25, -0.2) is 4.79 Å². The van der Waals surface area contributed by atoms with Crippen LogP contribution >= 0.6 is 0 Å². The van der Waals surface area contributed by atoms with E-state index in [1.54, 1.807) is 6.92 Å². The van der Waals surface area contributed by atoms with Crippen LogP contribution in [0.2, 0.25) is 0 Å². The van der Waals surface area contributed by atoms with E-state index in [4.69, 9.17) is 5.41 Å². The Morgan fingerprint density at radius 1 is 1.19 bits per heavy atom. The fourth-order valence-corrected chi connectivity index (χ4v) is 2.91. The zero-order valence-corrected chi connectivity index (χ0v) is 17.2. The Bertz CT molecular complexity index is 1030. The first kappa shape index (κ1) is 24.6. The standard InChI is InChI=1S/C21H23F3N4O4/c1-13(25)26-10-2-5-17(20(31)32)27-18(29)16-4-3-11-28(19(16)30)12-14-6-8-15(9-7-14)21(22,23)24/h3-4,6-9,11,17H,2,5,10,12H2,1H3,(H2,25,26)(H,27,29)(H,31,32)/t17-/m0/s1. The molecular formula is C21H23F3N4O4. The van der Waals surface area contributed by atoms with Gasteiger partial charge in [0.15, 0.2) is 0 Å². The third-order valence-corrected chi connectivity index (χ3v) is 4.56. The number of carboxylic acid groups (broad SMARTS) is 1. The highest BCUT2D eigenvalue weighted by atomic mass is 19.4. The number of carboxylic acids is 1. The number of amidine groups is 1. The van der Waals surface area contributed by atoms with Crippen molar-refractivity contribution >= 4 is 17.7 Å². The van der Waals surface area contributed by atoms with Gasteiger partial charge in [-0.05, 0) is 49.6 Å². The molecule has 0 aliphatic carbocycles. The first-order valence-corrected chi connectivity index (χ1v) is 9.67. The summed E-state index contributed by atoms with van der Waals surface area (Å²) in [6, 6.07) is 5.75. The molecule has 172 valence electrons. The van der Waals surface area contributed by atoms with E-state index in [0.29, 0.717) is 18.5 Å². The molecular weight excluding hydrogens is 429 g/mol. The zero-order valence-electron chi connectivity index (χ0n) is 17.2. The Labute approximate surface area is 181 Å². The maximum absolute atomic E-state index is 12.7. The summed E-state index contributed by atoms with van der Waals surface area (Å²) in [6.45, 7) is 1.84. The number of carbonyl (C=O) groups is 2. The van der Waals surface area contributed by atoms with Crippen LogP contribution in [-0.2, 0) is 17.5 Å². The number of carbonyl (C=O) groups excluding carboxylic acids is 1. The molecule has 1 aromatic heterocycles. The average Bonchev–Trinajstić information content (AvgIpc) is 2.71. The molecule has 0 aliphatic rings. The minimum absolute atomic E-state index is 0.0604. The molecule has 1 amide bonds. The number of halogens is 3. The SMILES string of the molecule is CC(=N)NCCC[C@H](NC(=O)c1cccn(Cc2ccc(C(F)(F)F)cc2)c1=O)C(=O)O. The number of hydrogen-bond donors (Lipinski definition) is 4. The van der Waals surface area contributed by atoms with Gasteiger partial charge in [-0.1, -0.05) is 12.1 Å². The molecule has 0 aliphatic heterocycles. The number of alkyl halides is 3. The van der Waals surface area contributed by atoms with E-state index in [-0.39, 0.29) is 24.4 Å². The average molecular weight is 452 g/mol. The first-order valence-electron chi connectivity index (χ1n) is 9.67. The predicted octanol–water partition coefficient (Wildman–Crippen LogP) is 2.47. The van der Waals surface area contributed by atoms with Gasteiger partial charge < -0.3 is 20.3 Å². The van der Waals surface area contributed by atoms with Crippen LogP contribution in [-0.4, -0.2) is 40.0 Å². The number of amides is 1. The Morgan fingerprint density at radius 3 is 2.41 bits per heavy atom. The summed E-state index contributed by atoms with van der Waals surface area (Å²) >= 11 is 0. The second-order valence-corrected chi connectivity index (χ2v) is 7.11. The van der Waals surface area contributed by atoms with Crippen molar-refractivity contribution in [3.05, 3.63) is 69.6 Å². The molecule has 1 heterocycles. The van der Waals surface area contributed by atoms with Crippen LogP contribution in [0.5, 0.6) is 0 Å². The number of nitrogens with one attached hydrogen (secondary N) is 3. The quantitative estimate of drug-likeness (QED) is 0.264. The van der Waals surface area contributed by atoms with E-state index < -0.39 is 35.2 Å². The normalized spacial score (nSPS) is 12.1. The molecule has 1 aromatic carbocycles. The maximum Gasteiger partial charge on any atom is 0.416 e. The molecule has 0 spiro atoms. The van der Waals surface area contributed by atoms with Gasteiger partial charge in [0.05, 0.1) is 17.9 Å². The number of pyridine rings is 1. The summed E-state index contributed by atoms with van der Waals surface area (Å²) in [7, 11) is 0. The number of aromatic nitrogens is 1. The highest BCUT2D eigenvalue weighted by Gasteiger charge is 2.30. The molecule has 0 saturated carbocycles. The van der Waals surface area contributed by atoms with Gasteiger partial charge in [-0.2, -0.15) is 13.2 Å². The highest BCUT2D eigenvalue weighted by molar-refractivity contribution is 5.96. The predicted molar refractivity (Wildman–Crippen MR) is 111 cm³/mol. The monoisotopic (exact) mass is 452 g/mol. The van der Waals surface area contributed by atoms with Crippen molar-refractivity contribution in [1.82, 2.24) is 15.2 Å². The number of nitrogens with zero attached hydrogens (tertiary/aromatic N) is 1. The molecule has 0 fully saturated rings. The third kappa shape index (κ3) is 6.96. The van der Waals surface area contributed by atoms with E-state index in [0.717, 1.165) is 16.7 Å². The second-order valence-electron chi connectivity index (χ2n) is 7.11. The fraction of sp³-hybridized carbons (Fsp3) is 0.333. The van der Waals surface area contributed by atoms with Gasteiger partial charge in [0.2, 0.25) is 0 Å². The molecule has 2 aromatic rings. The molecule has 32 heavy (non-hydrogen) atoms. The van der Waals surface area contributed by atoms with Gasteiger partial charge >= 0.3 is 12.1 Å². The Kier molecular flexibility index (Phi) is 8.16. The van der Waals surface area contributed by atoms with Gasteiger partial charge in [-0.3, -0.25) is 15.0 Å². The molecule has 0 radical (unpaired) electrons. The molecule has 0 unspecified atom stereocenters. The summed E-state index contributed by atoms with van der Waals surface area (Å²) in [5.41, 5.74) is -1.36. The Morgan fingerprint density at radius 2 is 1.84 bits per heavy atom. The first-order chi connectivity index (χ1) is 15.0. The lowest BCUT2D eigenvalue weighted by Crippen LogP contribution is -2.43. The Balaban J connectivity index is 2.11. The van der Waals surface area contributed by atoms with Crippen LogP contribution in [0.15, 0.2) is 47.4 Å². The molecule has 0 bridgehead atoms. The number of rotatable bonds is 9. The summed E-state index contributed by atoms with van der Waals surface area (Å²) in [6.07, 6.45) is -2.62. The molecule has 0 saturated heterocycles. The van der Waals surface area contributed by atoms with E-state index in [1.165, 1.54) is 30.5 Å². The largest absolute Gasteiger partial charge is 0.480 e. The van der Waals surface area contributed by atoms with Crippen molar-refractivity contribution in [3.63, 3.8) is 0 Å². The van der Waals surface area contributed by atoms with Crippen LogP contribution in [0.3, 0.4) is 0 Å². The van der Waals surface area contributed by atoms with Crippen LogP contribution in [0, 0.1) is 5.41 Å². The van der Waals surface area contributed by atoms with Crippen molar-refractivity contribution < 1.29 is 27.9 Å². The van der Waals surface area contributed by atoms with Crippen LogP contribution in [0.4, 0.5) is 13.2 Å². The van der Waals surface area contributed by atoms with E-state index in [2.05, 4.69) is 10.6 Å².